The Morgan fingerprint density at radius 2 is 1.96 bits per heavy atom. The molecule has 0 radical (unpaired) electrons. The molecule has 7 nitrogen and oxygen atoms in total. The summed E-state index contributed by atoms with van der Waals surface area (Å²) in [5.41, 5.74) is 2.82. The van der Waals surface area contributed by atoms with Crippen molar-refractivity contribution in [3.63, 3.8) is 0 Å². The predicted octanol–water partition coefficient (Wildman–Crippen LogP) is 3.05. The van der Waals surface area contributed by atoms with E-state index < -0.39 is 0 Å². The first-order valence-corrected chi connectivity index (χ1v) is 8.44. The van der Waals surface area contributed by atoms with E-state index in [9.17, 15) is 4.79 Å². The Hall–Kier alpha value is -2.83. The summed E-state index contributed by atoms with van der Waals surface area (Å²) in [5, 5.41) is 10.1. The molecule has 3 aromatic rings. The summed E-state index contributed by atoms with van der Waals surface area (Å²) < 4.78 is 1.72. The fourth-order valence-electron chi connectivity index (χ4n) is 2.80. The molecule has 0 aliphatic carbocycles. The quantitative estimate of drug-likeness (QED) is 0.667. The van der Waals surface area contributed by atoms with Crippen molar-refractivity contribution >= 4 is 17.1 Å². The fourth-order valence-corrected chi connectivity index (χ4v) is 2.80. The number of carbonyl (C=O) groups is 1. The molecule has 2 heterocycles. The van der Waals surface area contributed by atoms with E-state index in [1.807, 2.05) is 44.4 Å². The number of H-pyrrole nitrogens is 1. The number of carbonyl (C=O) groups excluding carboxylic acids is 1. The fraction of sp³-hybridized carbons (Fsp3) is 0.389. The molecule has 2 atom stereocenters. The van der Waals surface area contributed by atoms with Crippen molar-refractivity contribution in [3.8, 4) is 0 Å². The van der Waals surface area contributed by atoms with Gasteiger partial charge in [0, 0.05) is 18.8 Å². The molecule has 0 aliphatic heterocycles. The van der Waals surface area contributed by atoms with Gasteiger partial charge in [0.1, 0.15) is 5.82 Å². The van der Waals surface area contributed by atoms with E-state index in [1.165, 1.54) is 0 Å². The van der Waals surface area contributed by atoms with Gasteiger partial charge in [0.2, 0.25) is 0 Å². The number of hydrogen-bond acceptors (Lipinski definition) is 3. The van der Waals surface area contributed by atoms with Crippen LogP contribution in [-0.2, 0) is 7.05 Å². The standard InChI is InChI=1S/C18H24N6O/c1-11(2)16(17-21-14-7-5-6-8-15(14)22-17)23-18(25)20-12(3)13-9-19-24(4)10-13/h5-12,16H,1-4H3,(H,21,22)(H2,20,23,25)/t12-,16-/m0/s1. The zero-order chi connectivity index (χ0) is 18.0. The Morgan fingerprint density at radius 1 is 1.20 bits per heavy atom. The van der Waals surface area contributed by atoms with Gasteiger partial charge in [-0.3, -0.25) is 4.68 Å². The molecule has 2 aromatic heterocycles. The number of urea groups is 1. The van der Waals surface area contributed by atoms with Gasteiger partial charge in [0.25, 0.3) is 0 Å². The Labute approximate surface area is 146 Å². The average molecular weight is 340 g/mol. The zero-order valence-corrected chi connectivity index (χ0v) is 14.9. The summed E-state index contributed by atoms with van der Waals surface area (Å²) in [4.78, 5) is 20.4. The highest BCUT2D eigenvalue weighted by molar-refractivity contribution is 5.76. The molecular weight excluding hydrogens is 316 g/mol. The number of amides is 2. The summed E-state index contributed by atoms with van der Waals surface area (Å²) in [6.07, 6.45) is 3.65. The lowest BCUT2D eigenvalue weighted by Crippen LogP contribution is -2.41. The molecule has 2 amide bonds. The number of imidazole rings is 1. The molecule has 3 N–H and O–H groups in total. The minimum Gasteiger partial charge on any atom is -0.340 e. The van der Waals surface area contributed by atoms with E-state index >= 15 is 0 Å². The molecule has 0 saturated heterocycles. The molecule has 0 unspecified atom stereocenters. The molecule has 132 valence electrons. The van der Waals surface area contributed by atoms with Crippen LogP contribution in [0.1, 0.15) is 44.2 Å². The maximum absolute atomic E-state index is 12.4. The van der Waals surface area contributed by atoms with E-state index in [4.69, 9.17) is 0 Å². The monoisotopic (exact) mass is 340 g/mol. The number of nitrogens with one attached hydrogen (secondary N) is 3. The first-order valence-electron chi connectivity index (χ1n) is 8.44. The molecule has 0 fully saturated rings. The molecule has 3 rings (SSSR count). The number of benzene rings is 1. The number of hydrogen-bond donors (Lipinski definition) is 3. The van der Waals surface area contributed by atoms with E-state index in [-0.39, 0.29) is 24.0 Å². The van der Waals surface area contributed by atoms with Crippen LogP contribution in [0.15, 0.2) is 36.7 Å². The van der Waals surface area contributed by atoms with E-state index in [2.05, 4.69) is 39.5 Å². The Morgan fingerprint density at radius 3 is 2.60 bits per heavy atom. The summed E-state index contributed by atoms with van der Waals surface area (Å²) >= 11 is 0. The number of aromatic nitrogens is 4. The highest BCUT2D eigenvalue weighted by atomic mass is 16.2. The molecule has 0 saturated carbocycles. The van der Waals surface area contributed by atoms with E-state index in [0.29, 0.717) is 0 Å². The summed E-state index contributed by atoms with van der Waals surface area (Å²) in [7, 11) is 1.85. The number of para-hydroxylation sites is 2. The summed E-state index contributed by atoms with van der Waals surface area (Å²) in [5.74, 6) is 0.959. The van der Waals surface area contributed by atoms with Gasteiger partial charge >= 0.3 is 6.03 Å². The lowest BCUT2D eigenvalue weighted by Gasteiger charge is -2.22. The summed E-state index contributed by atoms with van der Waals surface area (Å²) in [6.45, 7) is 6.05. The third-order valence-electron chi connectivity index (χ3n) is 4.23. The average Bonchev–Trinajstić information content (AvgIpc) is 3.18. The van der Waals surface area contributed by atoms with Gasteiger partial charge in [-0.1, -0.05) is 26.0 Å². The van der Waals surface area contributed by atoms with Crippen LogP contribution in [0.3, 0.4) is 0 Å². The van der Waals surface area contributed by atoms with Gasteiger partial charge in [0.15, 0.2) is 0 Å². The van der Waals surface area contributed by atoms with Crippen molar-refractivity contribution in [1.82, 2.24) is 30.4 Å². The SMILES string of the molecule is CC(C)[C@H](NC(=O)N[C@@H](C)c1cnn(C)c1)c1nc2ccccc2[nH]1. The van der Waals surface area contributed by atoms with E-state index in [0.717, 1.165) is 22.4 Å². The largest absolute Gasteiger partial charge is 0.340 e. The maximum atomic E-state index is 12.4. The Bertz CT molecular complexity index is 832. The van der Waals surface area contributed by atoms with Crippen LogP contribution in [0, 0.1) is 5.92 Å². The third kappa shape index (κ3) is 3.81. The highest BCUT2D eigenvalue weighted by Gasteiger charge is 2.22. The third-order valence-corrected chi connectivity index (χ3v) is 4.23. The second-order valence-corrected chi connectivity index (χ2v) is 6.65. The van der Waals surface area contributed by atoms with Gasteiger partial charge in [-0.25, -0.2) is 9.78 Å². The Kier molecular flexibility index (Phi) is 4.74. The highest BCUT2D eigenvalue weighted by Crippen LogP contribution is 2.22. The van der Waals surface area contributed by atoms with Crippen LogP contribution in [0.4, 0.5) is 4.79 Å². The normalized spacial score (nSPS) is 13.8. The number of aromatic amines is 1. The first-order chi connectivity index (χ1) is 11.9. The molecule has 0 spiro atoms. The van der Waals surface area contributed by atoms with Gasteiger partial charge in [-0.2, -0.15) is 5.10 Å². The van der Waals surface area contributed by atoms with E-state index in [1.54, 1.807) is 10.9 Å². The van der Waals surface area contributed by atoms with Crippen LogP contribution in [0.2, 0.25) is 0 Å². The van der Waals surface area contributed by atoms with Crippen LogP contribution in [-0.4, -0.2) is 25.8 Å². The van der Waals surface area contributed by atoms with Crippen LogP contribution in [0.5, 0.6) is 0 Å². The smallest absolute Gasteiger partial charge is 0.315 e. The first kappa shape index (κ1) is 17.0. The predicted molar refractivity (Wildman–Crippen MR) is 97.0 cm³/mol. The molecule has 7 heteroatoms. The van der Waals surface area contributed by atoms with Crippen molar-refractivity contribution in [1.29, 1.82) is 0 Å². The van der Waals surface area contributed by atoms with Crippen molar-refractivity contribution in [2.45, 2.75) is 32.9 Å². The second-order valence-electron chi connectivity index (χ2n) is 6.65. The van der Waals surface area contributed by atoms with Crippen molar-refractivity contribution in [2.24, 2.45) is 13.0 Å². The van der Waals surface area contributed by atoms with Crippen molar-refractivity contribution in [3.05, 3.63) is 48.0 Å². The van der Waals surface area contributed by atoms with Crippen molar-refractivity contribution in [2.75, 3.05) is 0 Å². The number of fused-ring (bicyclic) bond motifs is 1. The summed E-state index contributed by atoms with van der Waals surface area (Å²) in [6, 6.07) is 7.30. The topological polar surface area (TPSA) is 87.6 Å². The second kappa shape index (κ2) is 6.96. The lowest BCUT2D eigenvalue weighted by atomic mass is 10.0. The van der Waals surface area contributed by atoms with Crippen LogP contribution in [0.25, 0.3) is 11.0 Å². The molecule has 1 aromatic carbocycles. The number of nitrogens with zero attached hydrogens (tertiary/aromatic N) is 3. The minimum absolute atomic E-state index is 0.128. The number of rotatable bonds is 5. The minimum atomic E-state index is -0.226. The maximum Gasteiger partial charge on any atom is 0.315 e. The lowest BCUT2D eigenvalue weighted by molar-refractivity contribution is 0.229. The van der Waals surface area contributed by atoms with Gasteiger partial charge in [-0.05, 0) is 25.0 Å². The molecule has 0 aliphatic rings. The molecule has 0 bridgehead atoms. The number of aryl methyl sites for hydroxylation is 1. The van der Waals surface area contributed by atoms with Gasteiger partial charge in [-0.15, -0.1) is 0 Å². The van der Waals surface area contributed by atoms with Gasteiger partial charge in [0.05, 0.1) is 29.3 Å². The van der Waals surface area contributed by atoms with Gasteiger partial charge < -0.3 is 15.6 Å². The van der Waals surface area contributed by atoms with Crippen LogP contribution < -0.4 is 10.6 Å². The molecular formula is C18H24N6O. The van der Waals surface area contributed by atoms with Crippen LogP contribution >= 0.6 is 0 Å². The Balaban J connectivity index is 1.72. The zero-order valence-electron chi connectivity index (χ0n) is 14.9. The molecule has 25 heavy (non-hydrogen) atoms. The van der Waals surface area contributed by atoms with Crippen molar-refractivity contribution < 1.29 is 4.79 Å².